The second-order valence-electron chi connectivity index (χ2n) is 6.41. The lowest BCUT2D eigenvalue weighted by atomic mass is 9.84. The fourth-order valence-electron chi connectivity index (χ4n) is 1.73. The number of hydrogen-bond acceptors (Lipinski definition) is 2. The van der Waals surface area contributed by atoms with Crippen molar-refractivity contribution in [1.29, 1.82) is 0 Å². The highest BCUT2D eigenvalue weighted by atomic mass is 16.5. The molecular formula is C14H31NO. The van der Waals surface area contributed by atoms with Crippen LogP contribution in [0.15, 0.2) is 0 Å². The maximum atomic E-state index is 5.60. The predicted molar refractivity (Wildman–Crippen MR) is 71.9 cm³/mol. The number of ether oxygens (including phenoxy) is 1. The Bertz CT molecular complexity index is 182. The average molecular weight is 229 g/mol. The molecule has 0 spiro atoms. The third-order valence-corrected chi connectivity index (χ3v) is 3.19. The fraction of sp³-hybridized carbons (Fsp3) is 1.00. The summed E-state index contributed by atoms with van der Waals surface area (Å²) >= 11 is 0. The summed E-state index contributed by atoms with van der Waals surface area (Å²) < 4.78 is 5.60. The van der Waals surface area contributed by atoms with Gasteiger partial charge in [0.15, 0.2) is 0 Å². The van der Waals surface area contributed by atoms with Crippen molar-refractivity contribution in [2.24, 2.45) is 5.41 Å². The molecule has 98 valence electrons. The first-order valence-electron chi connectivity index (χ1n) is 6.51. The molecule has 16 heavy (non-hydrogen) atoms. The molecule has 0 aliphatic rings. The van der Waals surface area contributed by atoms with Crippen LogP contribution in [-0.4, -0.2) is 25.3 Å². The van der Waals surface area contributed by atoms with Crippen molar-refractivity contribution in [3.63, 3.8) is 0 Å². The van der Waals surface area contributed by atoms with Crippen molar-refractivity contribution in [2.45, 2.75) is 72.4 Å². The molecule has 0 aromatic carbocycles. The highest BCUT2D eigenvalue weighted by Crippen LogP contribution is 2.26. The molecule has 0 heterocycles. The first kappa shape index (κ1) is 15.9. The maximum absolute atomic E-state index is 5.60. The zero-order valence-corrected chi connectivity index (χ0v) is 12.3. The minimum Gasteiger partial charge on any atom is -0.377 e. The Morgan fingerprint density at radius 1 is 1.12 bits per heavy atom. The quantitative estimate of drug-likeness (QED) is 0.720. The van der Waals surface area contributed by atoms with E-state index in [4.69, 9.17) is 4.74 Å². The van der Waals surface area contributed by atoms with Gasteiger partial charge in [0.05, 0.1) is 5.60 Å². The topological polar surface area (TPSA) is 21.3 Å². The molecule has 0 amide bonds. The molecule has 0 aromatic heterocycles. The summed E-state index contributed by atoms with van der Waals surface area (Å²) in [5.74, 6) is 0. The van der Waals surface area contributed by atoms with Gasteiger partial charge in [0.2, 0.25) is 0 Å². The van der Waals surface area contributed by atoms with Crippen molar-refractivity contribution < 1.29 is 4.74 Å². The van der Waals surface area contributed by atoms with Gasteiger partial charge in [0.1, 0.15) is 0 Å². The third kappa shape index (κ3) is 6.49. The van der Waals surface area contributed by atoms with Gasteiger partial charge in [-0.25, -0.2) is 0 Å². The molecule has 0 aliphatic heterocycles. The first-order chi connectivity index (χ1) is 7.23. The van der Waals surface area contributed by atoms with Crippen LogP contribution in [0, 0.1) is 5.41 Å². The van der Waals surface area contributed by atoms with Gasteiger partial charge >= 0.3 is 0 Å². The van der Waals surface area contributed by atoms with E-state index in [1.807, 2.05) is 0 Å². The minimum absolute atomic E-state index is 0.0829. The van der Waals surface area contributed by atoms with Crippen LogP contribution in [-0.2, 0) is 4.74 Å². The van der Waals surface area contributed by atoms with Crippen LogP contribution in [0.1, 0.15) is 60.8 Å². The van der Waals surface area contributed by atoms with Crippen LogP contribution in [0.2, 0.25) is 0 Å². The summed E-state index contributed by atoms with van der Waals surface area (Å²) in [6, 6.07) is 0.441. The molecule has 0 saturated carbocycles. The van der Waals surface area contributed by atoms with Gasteiger partial charge in [-0.05, 0) is 45.1 Å². The minimum atomic E-state index is -0.0829. The van der Waals surface area contributed by atoms with E-state index in [1.165, 1.54) is 19.3 Å². The van der Waals surface area contributed by atoms with Crippen molar-refractivity contribution in [3.8, 4) is 0 Å². The van der Waals surface area contributed by atoms with Gasteiger partial charge in [-0.2, -0.15) is 0 Å². The lowest BCUT2D eigenvalue weighted by molar-refractivity contribution is -0.0150. The third-order valence-electron chi connectivity index (χ3n) is 3.19. The molecule has 0 aromatic rings. The molecule has 2 nitrogen and oxygen atoms in total. The number of methoxy groups -OCH3 is 1. The van der Waals surface area contributed by atoms with Crippen LogP contribution in [0.5, 0.6) is 0 Å². The lowest BCUT2D eigenvalue weighted by Gasteiger charge is -2.35. The van der Waals surface area contributed by atoms with Crippen molar-refractivity contribution in [1.82, 2.24) is 5.32 Å². The summed E-state index contributed by atoms with van der Waals surface area (Å²) in [6.07, 6.45) is 3.57. The Balaban J connectivity index is 4.32. The Hall–Kier alpha value is -0.0800. The van der Waals surface area contributed by atoms with Crippen LogP contribution >= 0.6 is 0 Å². The van der Waals surface area contributed by atoms with Gasteiger partial charge in [-0.15, -0.1) is 0 Å². The second-order valence-corrected chi connectivity index (χ2v) is 6.41. The average Bonchev–Trinajstić information content (AvgIpc) is 2.16. The number of hydrogen-bond donors (Lipinski definition) is 1. The maximum Gasteiger partial charge on any atom is 0.0775 e. The van der Waals surface area contributed by atoms with E-state index >= 15 is 0 Å². The molecular weight excluding hydrogens is 198 g/mol. The number of rotatable bonds is 7. The second kappa shape index (κ2) is 6.61. The molecule has 0 fully saturated rings. The largest absolute Gasteiger partial charge is 0.377 e. The molecule has 0 saturated heterocycles. The van der Waals surface area contributed by atoms with Gasteiger partial charge < -0.3 is 10.1 Å². The van der Waals surface area contributed by atoms with E-state index in [1.54, 1.807) is 7.11 Å². The van der Waals surface area contributed by atoms with Crippen molar-refractivity contribution >= 4 is 0 Å². The molecule has 0 aliphatic carbocycles. The Kier molecular flexibility index (Phi) is 6.57. The summed E-state index contributed by atoms with van der Waals surface area (Å²) in [7, 11) is 1.80. The smallest absolute Gasteiger partial charge is 0.0775 e. The zero-order valence-electron chi connectivity index (χ0n) is 12.3. The lowest BCUT2D eigenvalue weighted by Crippen LogP contribution is -2.48. The highest BCUT2D eigenvalue weighted by molar-refractivity contribution is 4.86. The van der Waals surface area contributed by atoms with Crippen molar-refractivity contribution in [3.05, 3.63) is 0 Å². The monoisotopic (exact) mass is 229 g/mol. The molecule has 1 atom stereocenters. The molecule has 0 radical (unpaired) electrons. The van der Waals surface area contributed by atoms with E-state index in [-0.39, 0.29) is 5.60 Å². The van der Waals surface area contributed by atoms with E-state index in [2.05, 4.69) is 46.9 Å². The van der Waals surface area contributed by atoms with Crippen LogP contribution < -0.4 is 5.32 Å². The van der Waals surface area contributed by atoms with Gasteiger partial charge in [-0.1, -0.05) is 27.7 Å². The SMILES string of the molecule is CCCNC(CCC(C)(C)C)C(C)(C)OC. The van der Waals surface area contributed by atoms with Crippen LogP contribution in [0.4, 0.5) is 0 Å². The summed E-state index contributed by atoms with van der Waals surface area (Å²) in [5.41, 5.74) is 0.316. The van der Waals surface area contributed by atoms with E-state index in [0.29, 0.717) is 11.5 Å². The van der Waals surface area contributed by atoms with Crippen LogP contribution in [0.3, 0.4) is 0 Å². The standard InChI is InChI=1S/C14H31NO/c1-8-11-15-12(14(5,6)16-7)9-10-13(2,3)4/h12,15H,8-11H2,1-7H3. The van der Waals surface area contributed by atoms with E-state index < -0.39 is 0 Å². The molecule has 0 bridgehead atoms. The number of nitrogens with one attached hydrogen (secondary N) is 1. The van der Waals surface area contributed by atoms with Gasteiger partial charge in [-0.3, -0.25) is 0 Å². The van der Waals surface area contributed by atoms with E-state index in [0.717, 1.165) is 6.54 Å². The highest BCUT2D eigenvalue weighted by Gasteiger charge is 2.29. The van der Waals surface area contributed by atoms with Gasteiger partial charge in [0.25, 0.3) is 0 Å². The summed E-state index contributed by atoms with van der Waals surface area (Å²) in [4.78, 5) is 0. The Labute approximate surface area is 102 Å². The normalized spacial score (nSPS) is 15.2. The van der Waals surface area contributed by atoms with Crippen LogP contribution in [0.25, 0.3) is 0 Å². The predicted octanol–water partition coefficient (Wildman–Crippen LogP) is 3.61. The molecule has 2 heteroatoms. The zero-order chi connectivity index (χ0) is 12.8. The molecule has 0 rings (SSSR count). The molecule has 1 unspecified atom stereocenters. The first-order valence-corrected chi connectivity index (χ1v) is 6.51. The fourth-order valence-corrected chi connectivity index (χ4v) is 1.73. The Morgan fingerprint density at radius 2 is 1.69 bits per heavy atom. The van der Waals surface area contributed by atoms with Crippen molar-refractivity contribution in [2.75, 3.05) is 13.7 Å². The molecule has 1 N–H and O–H groups in total. The Morgan fingerprint density at radius 3 is 2.06 bits per heavy atom. The summed E-state index contributed by atoms with van der Waals surface area (Å²) in [6.45, 7) is 14.5. The summed E-state index contributed by atoms with van der Waals surface area (Å²) in [5, 5.41) is 3.61. The van der Waals surface area contributed by atoms with Gasteiger partial charge in [0, 0.05) is 13.2 Å². The van der Waals surface area contributed by atoms with E-state index in [9.17, 15) is 0 Å².